The normalized spacial score (nSPS) is 6.50. The molecule has 0 radical (unpaired) electrons. The summed E-state index contributed by atoms with van der Waals surface area (Å²) >= 11 is 1.76. The molecule has 0 aliphatic heterocycles. The molecule has 0 saturated carbocycles. The molecule has 0 bridgehead atoms. The van der Waals surface area contributed by atoms with Gasteiger partial charge in [-0.05, 0) is 0 Å². The Morgan fingerprint density at radius 2 is 2.50 bits per heavy atom. The van der Waals surface area contributed by atoms with Gasteiger partial charge in [-0.25, -0.2) is 0 Å². The van der Waals surface area contributed by atoms with Gasteiger partial charge in [0, 0.05) is 0 Å². The minimum atomic E-state index is -0.109. The number of rotatable bonds is 1. The molecular formula is C3HFOV. The van der Waals surface area contributed by atoms with E-state index in [-0.39, 0.29) is 4.41 Å². The van der Waals surface area contributed by atoms with Crippen molar-refractivity contribution in [3.8, 4) is 12.3 Å². The van der Waals surface area contributed by atoms with Gasteiger partial charge in [0.25, 0.3) is 0 Å². The van der Waals surface area contributed by atoms with Crippen molar-refractivity contribution in [1.82, 2.24) is 0 Å². The summed E-state index contributed by atoms with van der Waals surface area (Å²) in [6.07, 6.45) is 4.61. The van der Waals surface area contributed by atoms with Gasteiger partial charge in [-0.3, -0.25) is 0 Å². The summed E-state index contributed by atoms with van der Waals surface area (Å²) < 4.78 is 10.6. The third kappa shape index (κ3) is 2.16. The van der Waals surface area contributed by atoms with E-state index in [1.807, 2.05) is 5.92 Å². The predicted octanol–water partition coefficient (Wildman–Crippen LogP) is 0.197. The van der Waals surface area contributed by atoms with Crippen LogP contribution in [0.15, 0.2) is 0 Å². The van der Waals surface area contributed by atoms with Gasteiger partial charge in [0.2, 0.25) is 0 Å². The molecule has 1 nitrogen and oxygen atoms in total. The molecule has 31 valence electrons. The zero-order chi connectivity index (χ0) is 4.99. The van der Waals surface area contributed by atoms with Crippen molar-refractivity contribution in [1.29, 1.82) is 0 Å². The molecule has 0 unspecified atom stereocenters. The van der Waals surface area contributed by atoms with E-state index in [0.29, 0.717) is 0 Å². The average Bonchev–Trinajstić information content (AvgIpc) is 1.65. The van der Waals surface area contributed by atoms with Crippen LogP contribution in [0.3, 0.4) is 0 Å². The van der Waals surface area contributed by atoms with Crippen molar-refractivity contribution in [3.05, 3.63) is 0 Å². The van der Waals surface area contributed by atoms with Gasteiger partial charge in [0.15, 0.2) is 0 Å². The van der Waals surface area contributed by atoms with E-state index in [2.05, 4.69) is 11.4 Å². The van der Waals surface area contributed by atoms with Crippen LogP contribution in [-0.4, -0.2) is 4.41 Å². The third-order valence-electron chi connectivity index (χ3n) is 0.197. The Bertz CT molecular complexity index is 93.5. The molecule has 0 N–H and O–H groups in total. The Labute approximate surface area is 43.9 Å². The van der Waals surface area contributed by atoms with Crippen molar-refractivity contribution in [2.45, 2.75) is 0 Å². The number of halogens is 1. The zero-order valence-corrected chi connectivity index (χ0v) is 4.21. The minimum absolute atomic E-state index is 0.109. The van der Waals surface area contributed by atoms with Crippen LogP contribution in [0.4, 0.5) is 4.53 Å². The number of hydrogen-bond donors (Lipinski definition) is 0. The zero-order valence-electron chi connectivity index (χ0n) is 2.81. The second-order valence-corrected chi connectivity index (χ2v) is 1.16. The van der Waals surface area contributed by atoms with E-state index in [4.69, 9.17) is 0 Å². The van der Waals surface area contributed by atoms with Gasteiger partial charge in [-0.15, -0.1) is 0 Å². The number of terminal acetylenes is 1. The van der Waals surface area contributed by atoms with Crippen molar-refractivity contribution in [3.63, 3.8) is 0 Å². The summed E-state index contributed by atoms with van der Waals surface area (Å²) in [5.74, 6) is 1.91. The maximum absolute atomic E-state index is 10.7. The van der Waals surface area contributed by atoms with Crippen LogP contribution in [0.1, 0.15) is 0 Å². The van der Waals surface area contributed by atoms with Crippen LogP contribution in [0.2, 0.25) is 0 Å². The molecule has 6 heavy (non-hydrogen) atoms. The van der Waals surface area contributed by atoms with Crippen LogP contribution in [-0.2, 0) is 21.9 Å². The summed E-state index contributed by atoms with van der Waals surface area (Å²) in [5, 5.41) is 0. The first-order chi connectivity index (χ1) is 2.81. The molecule has 0 spiro atoms. The Hall–Kier alpha value is -0.0956. The van der Waals surface area contributed by atoms with Crippen molar-refractivity contribution in [2.75, 3.05) is 0 Å². The first-order valence-electron chi connectivity index (χ1n) is 1.12. The Morgan fingerprint density at radius 3 is 2.50 bits per heavy atom. The van der Waals surface area contributed by atoms with Crippen molar-refractivity contribution >= 4 is 4.41 Å². The van der Waals surface area contributed by atoms with Gasteiger partial charge in [0.1, 0.15) is 0 Å². The second kappa shape index (κ2) is 3.11. The summed E-state index contributed by atoms with van der Waals surface area (Å²) in [7, 11) is 0. The number of hydrogen-bond acceptors (Lipinski definition) is 1. The Morgan fingerprint density at radius 1 is 2.00 bits per heavy atom. The molecule has 0 heterocycles. The SMILES string of the molecule is C#C[C](=[V])OF. The summed E-state index contributed by atoms with van der Waals surface area (Å²) in [5.41, 5.74) is 0. The Balaban J connectivity index is 3.33. The predicted molar refractivity (Wildman–Crippen MR) is 16.0 cm³/mol. The first-order valence-corrected chi connectivity index (χ1v) is 1.82. The summed E-state index contributed by atoms with van der Waals surface area (Å²) in [6.45, 7) is 0. The fourth-order valence-corrected chi connectivity index (χ4v) is 0.0223. The van der Waals surface area contributed by atoms with E-state index in [1.165, 1.54) is 0 Å². The van der Waals surface area contributed by atoms with Crippen LogP contribution in [0.5, 0.6) is 0 Å². The van der Waals surface area contributed by atoms with E-state index in [0.717, 1.165) is 0 Å². The standard InChI is InChI=1S/C3HFO.V/c1-2-3-5-4;/h1H;. The van der Waals surface area contributed by atoms with Gasteiger partial charge >= 0.3 is 43.2 Å². The van der Waals surface area contributed by atoms with E-state index < -0.39 is 0 Å². The molecule has 0 amide bonds. The molecule has 0 aliphatic rings. The van der Waals surface area contributed by atoms with Crippen molar-refractivity contribution in [2.24, 2.45) is 0 Å². The van der Waals surface area contributed by atoms with E-state index in [1.54, 1.807) is 17.0 Å². The molecule has 0 aromatic carbocycles. The van der Waals surface area contributed by atoms with E-state index in [9.17, 15) is 4.53 Å². The van der Waals surface area contributed by atoms with Gasteiger partial charge in [-0.2, -0.15) is 0 Å². The molecule has 0 aromatic heterocycles. The van der Waals surface area contributed by atoms with Gasteiger partial charge < -0.3 is 0 Å². The summed E-state index contributed by atoms with van der Waals surface area (Å²) in [4.78, 5) is 3.05. The molecule has 0 rings (SSSR count). The molecule has 0 atom stereocenters. The second-order valence-electron chi connectivity index (χ2n) is 0.527. The average molecular weight is 123 g/mol. The monoisotopic (exact) mass is 123 g/mol. The fraction of sp³-hybridized carbons (Fsp3) is 0. The molecule has 0 aromatic rings. The van der Waals surface area contributed by atoms with Crippen LogP contribution >= 0.6 is 0 Å². The van der Waals surface area contributed by atoms with Gasteiger partial charge in [0.05, 0.1) is 0 Å². The topological polar surface area (TPSA) is 9.23 Å². The fourth-order valence-electron chi connectivity index (χ4n) is 0.0223. The summed E-state index contributed by atoms with van der Waals surface area (Å²) in [6, 6.07) is 0. The van der Waals surface area contributed by atoms with Gasteiger partial charge in [-0.1, -0.05) is 0 Å². The quantitative estimate of drug-likeness (QED) is 0.452. The molecular weight excluding hydrogens is 122 g/mol. The van der Waals surface area contributed by atoms with Crippen LogP contribution in [0.25, 0.3) is 0 Å². The Kier molecular flexibility index (Phi) is 3.06. The molecule has 0 fully saturated rings. The molecule has 3 heteroatoms. The first kappa shape index (κ1) is 5.90. The molecule has 0 saturated heterocycles. The third-order valence-corrected chi connectivity index (χ3v) is 0.506. The van der Waals surface area contributed by atoms with E-state index >= 15 is 0 Å². The van der Waals surface area contributed by atoms with Crippen LogP contribution in [0, 0.1) is 12.3 Å². The van der Waals surface area contributed by atoms with Crippen LogP contribution < -0.4 is 0 Å². The molecule has 0 aliphatic carbocycles. The van der Waals surface area contributed by atoms with Crippen molar-refractivity contribution < 1.29 is 26.4 Å². The maximum atomic E-state index is 10.7.